The highest BCUT2D eigenvalue weighted by Gasteiger charge is 2.74. The van der Waals surface area contributed by atoms with Crippen LogP contribution in [0.5, 0.6) is 5.75 Å². The van der Waals surface area contributed by atoms with E-state index in [-0.39, 0.29) is 35.3 Å². The zero-order chi connectivity index (χ0) is 22.8. The average Bonchev–Trinajstić information content (AvgIpc) is 3.33. The van der Waals surface area contributed by atoms with Crippen LogP contribution in [0.4, 0.5) is 28.9 Å². The predicted octanol–water partition coefficient (Wildman–Crippen LogP) is 3.99. The first-order valence-corrected chi connectivity index (χ1v) is 9.39. The van der Waals surface area contributed by atoms with Gasteiger partial charge in [0.25, 0.3) is 0 Å². The Kier molecular flexibility index (Phi) is 4.46. The molecule has 4 rings (SSSR count). The Morgan fingerprint density at radius 2 is 1.94 bits per heavy atom. The maximum absolute atomic E-state index is 14.8. The van der Waals surface area contributed by atoms with Gasteiger partial charge in [-0.1, -0.05) is 0 Å². The van der Waals surface area contributed by atoms with E-state index in [9.17, 15) is 22.4 Å². The number of amides is 1. The van der Waals surface area contributed by atoms with Gasteiger partial charge in [0, 0.05) is 18.3 Å². The van der Waals surface area contributed by atoms with Gasteiger partial charge in [0.2, 0.25) is 5.91 Å². The van der Waals surface area contributed by atoms with Crippen LogP contribution in [-0.4, -0.2) is 30.9 Å². The summed E-state index contributed by atoms with van der Waals surface area (Å²) in [6.45, 7) is 1.69. The maximum Gasteiger partial charge on any atom is 0.416 e. The fourth-order valence-electron chi connectivity index (χ4n) is 4.14. The molecule has 0 saturated heterocycles. The Balaban J connectivity index is 1.75. The van der Waals surface area contributed by atoms with Crippen LogP contribution in [-0.2, 0) is 16.5 Å². The second kappa shape index (κ2) is 6.60. The second-order valence-electron chi connectivity index (χ2n) is 7.94. The fraction of sp³-hybridized carbons (Fsp3) is 0.333. The molecular formula is C21H20F4N4O2. The van der Waals surface area contributed by atoms with Crippen molar-refractivity contribution >= 4 is 23.2 Å². The van der Waals surface area contributed by atoms with E-state index in [1.54, 1.807) is 6.92 Å². The molecule has 3 N–H and O–H groups in total. The number of hydrogen-bond acceptors (Lipinski definition) is 5. The molecule has 1 amide bonds. The molecule has 0 spiro atoms. The number of nitrogens with two attached hydrogens (primary N) is 1. The third-order valence-corrected chi connectivity index (χ3v) is 6.04. The van der Waals surface area contributed by atoms with E-state index in [2.05, 4.69) is 10.3 Å². The molecule has 0 radical (unpaired) electrons. The van der Waals surface area contributed by atoms with Gasteiger partial charge in [-0.05, 0) is 49.7 Å². The Morgan fingerprint density at radius 3 is 2.58 bits per heavy atom. The highest BCUT2D eigenvalue weighted by Crippen LogP contribution is 2.68. The first-order chi connectivity index (χ1) is 14.4. The summed E-state index contributed by atoms with van der Waals surface area (Å²) in [6, 6.07) is 7.04. The minimum absolute atomic E-state index is 0.0164. The molecule has 2 aliphatic rings. The normalized spacial score (nSPS) is 25.1. The topological polar surface area (TPSA) is 80.0 Å². The molecule has 0 bridgehead atoms. The first kappa shape index (κ1) is 21.0. The van der Waals surface area contributed by atoms with Gasteiger partial charge in [-0.25, -0.2) is 9.38 Å². The Morgan fingerprint density at radius 1 is 1.23 bits per heavy atom. The van der Waals surface area contributed by atoms with Gasteiger partial charge in [-0.2, -0.15) is 13.2 Å². The molecule has 1 fully saturated rings. The van der Waals surface area contributed by atoms with Crippen LogP contribution in [0.15, 0.2) is 41.4 Å². The summed E-state index contributed by atoms with van der Waals surface area (Å²) >= 11 is 0. The van der Waals surface area contributed by atoms with E-state index >= 15 is 0 Å². The zero-order valence-electron chi connectivity index (χ0n) is 17.0. The highest BCUT2D eigenvalue weighted by molar-refractivity contribution is 6.04. The molecule has 1 heterocycles. The highest BCUT2D eigenvalue weighted by atomic mass is 19.4. The molecule has 10 heteroatoms. The van der Waals surface area contributed by atoms with Gasteiger partial charge in [0.05, 0.1) is 23.8 Å². The van der Waals surface area contributed by atoms with Crippen molar-refractivity contribution in [3.8, 4) is 5.75 Å². The van der Waals surface area contributed by atoms with Crippen molar-refractivity contribution in [2.45, 2.75) is 25.1 Å². The number of alkyl halides is 3. The number of nitrogens with one attached hydrogen (secondary N) is 1. The Bertz CT molecular complexity index is 1120. The number of fused-ring (bicyclic) bond motifs is 1. The lowest BCUT2D eigenvalue weighted by atomic mass is 9.92. The monoisotopic (exact) mass is 436 g/mol. The Hall–Kier alpha value is -3.30. The van der Waals surface area contributed by atoms with E-state index in [1.165, 1.54) is 43.3 Å². The number of hydrogen-bond donors (Lipinski definition) is 2. The van der Waals surface area contributed by atoms with Crippen LogP contribution in [0.2, 0.25) is 0 Å². The van der Waals surface area contributed by atoms with Crippen LogP contribution in [0.25, 0.3) is 0 Å². The van der Waals surface area contributed by atoms with Crippen LogP contribution >= 0.6 is 0 Å². The third-order valence-electron chi connectivity index (χ3n) is 6.04. The molecule has 1 aliphatic heterocycles. The number of carbonyl (C=O) groups excluding carboxylic acids is 1. The minimum atomic E-state index is -4.54. The second-order valence-corrected chi connectivity index (χ2v) is 7.94. The Labute approximate surface area is 175 Å². The molecule has 1 unspecified atom stereocenters. The fourth-order valence-corrected chi connectivity index (χ4v) is 4.14. The van der Waals surface area contributed by atoms with Gasteiger partial charge in [0.15, 0.2) is 5.96 Å². The minimum Gasteiger partial charge on any atom is -0.495 e. The number of guanidine groups is 1. The summed E-state index contributed by atoms with van der Waals surface area (Å²) in [5.41, 5.74) is 3.44. The molecule has 164 valence electrons. The number of ether oxygens (including phenoxy) is 1. The van der Waals surface area contributed by atoms with E-state index in [1.807, 2.05) is 0 Å². The van der Waals surface area contributed by atoms with Crippen molar-refractivity contribution in [2.75, 3.05) is 19.5 Å². The molecular weight excluding hydrogens is 416 g/mol. The van der Waals surface area contributed by atoms with E-state index < -0.39 is 28.5 Å². The molecule has 31 heavy (non-hydrogen) atoms. The average molecular weight is 436 g/mol. The van der Waals surface area contributed by atoms with Crippen LogP contribution in [0.1, 0.15) is 24.5 Å². The molecule has 2 aromatic rings. The molecule has 2 aromatic carbocycles. The summed E-state index contributed by atoms with van der Waals surface area (Å²) < 4.78 is 59.3. The molecule has 1 saturated carbocycles. The van der Waals surface area contributed by atoms with Crippen molar-refractivity contribution in [1.29, 1.82) is 0 Å². The van der Waals surface area contributed by atoms with Gasteiger partial charge < -0.3 is 15.8 Å². The van der Waals surface area contributed by atoms with Crippen LogP contribution in [0, 0.1) is 11.2 Å². The number of benzene rings is 2. The molecule has 2 atom stereocenters. The number of methoxy groups -OCH3 is 1. The maximum atomic E-state index is 14.8. The SMILES string of the molecule is COc1ccc(C(F)(F)F)cc1Nc1ccc(F)c([C@]23CC2(C)C(=O)N(C)C(N)=N3)c1. The molecule has 0 aromatic heterocycles. The number of nitrogens with zero attached hydrogens (tertiary/aromatic N) is 2. The van der Waals surface area contributed by atoms with Crippen molar-refractivity contribution in [3.63, 3.8) is 0 Å². The summed E-state index contributed by atoms with van der Waals surface area (Å²) in [4.78, 5) is 18.3. The molecule has 1 aliphatic carbocycles. The lowest BCUT2D eigenvalue weighted by Crippen LogP contribution is -2.48. The van der Waals surface area contributed by atoms with E-state index in [4.69, 9.17) is 10.5 Å². The van der Waals surface area contributed by atoms with Crippen molar-refractivity contribution in [3.05, 3.63) is 53.3 Å². The van der Waals surface area contributed by atoms with E-state index in [0.717, 1.165) is 12.1 Å². The summed E-state index contributed by atoms with van der Waals surface area (Å²) in [5.74, 6) is -0.682. The van der Waals surface area contributed by atoms with Crippen LogP contribution < -0.4 is 15.8 Å². The number of rotatable bonds is 4. The third kappa shape index (κ3) is 3.08. The van der Waals surface area contributed by atoms with Gasteiger partial charge in [-0.3, -0.25) is 9.69 Å². The smallest absolute Gasteiger partial charge is 0.416 e. The van der Waals surface area contributed by atoms with E-state index in [0.29, 0.717) is 5.69 Å². The van der Waals surface area contributed by atoms with Crippen molar-refractivity contribution in [2.24, 2.45) is 16.1 Å². The van der Waals surface area contributed by atoms with Gasteiger partial charge in [-0.15, -0.1) is 0 Å². The lowest BCUT2D eigenvalue weighted by molar-refractivity contribution is -0.137. The lowest BCUT2D eigenvalue weighted by Gasteiger charge is -2.30. The predicted molar refractivity (Wildman–Crippen MR) is 106 cm³/mol. The first-order valence-electron chi connectivity index (χ1n) is 9.39. The molecule has 6 nitrogen and oxygen atoms in total. The van der Waals surface area contributed by atoms with Crippen molar-refractivity contribution < 1.29 is 27.1 Å². The summed E-state index contributed by atoms with van der Waals surface area (Å²) in [5, 5.41) is 2.86. The van der Waals surface area contributed by atoms with Gasteiger partial charge >= 0.3 is 6.18 Å². The summed E-state index contributed by atoms with van der Waals surface area (Å²) in [7, 11) is 2.84. The number of halogens is 4. The summed E-state index contributed by atoms with van der Waals surface area (Å²) in [6.07, 6.45) is -4.26. The standard InChI is InChI=1S/C21H20F4N4O2/c1-19-10-20(19,28-18(26)29(2)17(19)30)13-9-12(5-6-14(13)22)27-15-8-11(21(23,24)25)4-7-16(15)31-3/h4-9,27H,10H2,1-3H3,(H2,26,28)/t19?,20-/m1/s1. The quantitative estimate of drug-likeness (QED) is 0.711. The number of anilines is 2. The number of aliphatic imine (C=N–C) groups is 1. The van der Waals surface area contributed by atoms with Gasteiger partial charge in [0.1, 0.15) is 17.1 Å². The van der Waals surface area contributed by atoms with Crippen molar-refractivity contribution in [1.82, 2.24) is 4.90 Å². The zero-order valence-corrected chi connectivity index (χ0v) is 17.0. The van der Waals surface area contributed by atoms with Crippen LogP contribution in [0.3, 0.4) is 0 Å². The number of carbonyl (C=O) groups is 1. The largest absolute Gasteiger partial charge is 0.495 e.